The van der Waals surface area contributed by atoms with Gasteiger partial charge in [0.05, 0.1) is 0 Å². The van der Waals surface area contributed by atoms with Crippen molar-refractivity contribution in [1.82, 2.24) is 4.72 Å². The topological polar surface area (TPSA) is 101 Å². The Labute approximate surface area is 134 Å². The van der Waals surface area contributed by atoms with E-state index in [1.807, 2.05) is 16.9 Å². The van der Waals surface area contributed by atoms with Crippen LogP contribution in [0.2, 0.25) is 4.71 Å². The van der Waals surface area contributed by atoms with Crippen LogP contribution in [-0.4, -0.2) is 54.4 Å². The van der Waals surface area contributed by atoms with Gasteiger partial charge >= 0.3 is 134 Å². The number of carboxylic acid groups (broad SMARTS) is 1. The molecule has 0 aromatic carbocycles. The number of carbonyl (C=O) groups is 2. The molecule has 0 bridgehead atoms. The first-order valence-electron chi connectivity index (χ1n) is 7.20. The van der Waals surface area contributed by atoms with E-state index in [0.717, 1.165) is 12.8 Å². The van der Waals surface area contributed by atoms with E-state index in [4.69, 9.17) is 5.11 Å². The van der Waals surface area contributed by atoms with Crippen molar-refractivity contribution >= 4 is 38.6 Å². The molecule has 0 aliphatic heterocycles. The van der Waals surface area contributed by atoms with E-state index in [1.54, 1.807) is 0 Å². The second kappa shape index (κ2) is 8.91. The molecule has 1 atom stereocenters. The standard InChI is InChI=1S/C13H22AsNO5S/c14-12(13(17)18)8-11(16)9-15-21(19,20)7-6-10-4-2-1-3-5-10/h10,12,15H,1-9H2,(H,17,18). The van der Waals surface area contributed by atoms with Crippen LogP contribution in [0.25, 0.3) is 0 Å². The van der Waals surface area contributed by atoms with E-state index >= 15 is 0 Å². The second-order valence-corrected chi connectivity index (χ2v) is 8.76. The number of sulfonamides is 1. The Kier molecular flexibility index (Phi) is 7.91. The number of rotatable bonds is 9. The average Bonchev–Trinajstić information content (AvgIpc) is 2.44. The van der Waals surface area contributed by atoms with E-state index in [0.29, 0.717) is 12.3 Å². The summed E-state index contributed by atoms with van der Waals surface area (Å²) < 4.78 is 25.0. The zero-order valence-corrected chi connectivity index (χ0v) is 14.6. The van der Waals surface area contributed by atoms with Crippen LogP contribution >= 0.6 is 0 Å². The van der Waals surface area contributed by atoms with Crippen LogP contribution in [0, 0.1) is 5.92 Å². The Morgan fingerprint density at radius 3 is 2.43 bits per heavy atom. The molecule has 1 rings (SSSR count). The molecule has 0 heterocycles. The fourth-order valence-corrected chi connectivity index (χ4v) is 4.03. The molecule has 120 valence electrons. The third-order valence-corrected chi connectivity index (χ3v) is 5.92. The van der Waals surface area contributed by atoms with Crippen LogP contribution in [0.5, 0.6) is 0 Å². The Bertz CT molecular complexity index is 459. The predicted octanol–water partition coefficient (Wildman–Crippen LogP) is 0.877. The molecule has 0 aromatic rings. The number of hydrogen-bond acceptors (Lipinski definition) is 4. The Balaban J connectivity index is 2.28. The molecule has 2 radical (unpaired) electrons. The van der Waals surface area contributed by atoms with Crippen molar-refractivity contribution in [1.29, 1.82) is 0 Å². The van der Waals surface area contributed by atoms with Gasteiger partial charge in [-0.3, -0.25) is 0 Å². The van der Waals surface area contributed by atoms with E-state index < -0.39 is 26.5 Å². The van der Waals surface area contributed by atoms with Crippen molar-refractivity contribution in [3.05, 3.63) is 0 Å². The third-order valence-electron chi connectivity index (χ3n) is 3.71. The van der Waals surface area contributed by atoms with Crippen LogP contribution in [0.4, 0.5) is 0 Å². The van der Waals surface area contributed by atoms with Gasteiger partial charge in [-0.25, -0.2) is 0 Å². The van der Waals surface area contributed by atoms with Gasteiger partial charge in [0.15, 0.2) is 0 Å². The summed E-state index contributed by atoms with van der Waals surface area (Å²) in [4.78, 5) is 22.1. The molecule has 6 nitrogen and oxygen atoms in total. The molecule has 1 aliphatic carbocycles. The number of hydrogen-bond donors (Lipinski definition) is 2. The average molecular weight is 379 g/mol. The quantitative estimate of drug-likeness (QED) is 0.579. The van der Waals surface area contributed by atoms with Crippen molar-refractivity contribution in [3.63, 3.8) is 0 Å². The fraction of sp³-hybridized carbons (Fsp3) is 0.846. The zero-order valence-electron chi connectivity index (χ0n) is 12.0. The molecule has 1 saturated carbocycles. The first-order valence-corrected chi connectivity index (χ1v) is 9.93. The molecule has 1 fully saturated rings. The van der Waals surface area contributed by atoms with Gasteiger partial charge in [-0.15, -0.1) is 0 Å². The molecule has 0 spiro atoms. The van der Waals surface area contributed by atoms with Gasteiger partial charge in [0.1, 0.15) is 0 Å². The first-order chi connectivity index (χ1) is 9.80. The van der Waals surface area contributed by atoms with E-state index in [-0.39, 0.29) is 18.7 Å². The molecule has 8 heteroatoms. The molecular weight excluding hydrogens is 357 g/mol. The predicted molar refractivity (Wildman–Crippen MR) is 79.7 cm³/mol. The fourth-order valence-electron chi connectivity index (χ4n) is 2.44. The van der Waals surface area contributed by atoms with E-state index in [9.17, 15) is 18.0 Å². The molecular formula is C13H22AsNO5S. The zero-order chi connectivity index (χ0) is 15.9. The van der Waals surface area contributed by atoms with Crippen molar-refractivity contribution < 1.29 is 23.1 Å². The van der Waals surface area contributed by atoms with Crippen molar-refractivity contribution in [2.45, 2.75) is 49.7 Å². The second-order valence-electron chi connectivity index (χ2n) is 5.53. The summed E-state index contributed by atoms with van der Waals surface area (Å²) in [5.74, 6) is -0.988. The molecule has 2 N–H and O–H groups in total. The summed E-state index contributed by atoms with van der Waals surface area (Å²) >= 11 is 1.90. The Morgan fingerprint density at radius 2 is 1.86 bits per heavy atom. The van der Waals surface area contributed by atoms with E-state index in [1.165, 1.54) is 19.3 Å². The van der Waals surface area contributed by atoms with Crippen LogP contribution in [0.3, 0.4) is 0 Å². The molecule has 1 aliphatic rings. The summed E-state index contributed by atoms with van der Waals surface area (Å²) in [7, 11) is -3.46. The SMILES string of the molecule is O=C(CNS(=O)(=O)CCC1CCCCC1)CC([As])C(=O)O. The Morgan fingerprint density at radius 1 is 1.24 bits per heavy atom. The van der Waals surface area contributed by atoms with Crippen LogP contribution in [0.1, 0.15) is 44.9 Å². The molecule has 0 amide bonds. The van der Waals surface area contributed by atoms with Gasteiger partial charge in [0.25, 0.3) is 0 Å². The van der Waals surface area contributed by atoms with E-state index in [2.05, 4.69) is 4.72 Å². The van der Waals surface area contributed by atoms with Crippen LogP contribution in [0.15, 0.2) is 0 Å². The number of carboxylic acids is 1. The molecule has 21 heavy (non-hydrogen) atoms. The number of carbonyl (C=O) groups excluding carboxylic acids is 1. The summed E-state index contributed by atoms with van der Waals surface area (Å²) in [5, 5.41) is 8.68. The minimum absolute atomic E-state index is 0.0372. The minimum atomic E-state index is -3.46. The van der Waals surface area contributed by atoms with Gasteiger partial charge in [-0.05, 0) is 0 Å². The number of aliphatic carboxylic acids is 1. The summed E-state index contributed by atoms with van der Waals surface area (Å²) in [6.07, 6.45) is 6.19. The summed E-state index contributed by atoms with van der Waals surface area (Å²) in [5.41, 5.74) is 0. The van der Waals surface area contributed by atoms with Crippen LogP contribution in [-0.2, 0) is 19.6 Å². The van der Waals surface area contributed by atoms with Gasteiger partial charge in [-0.2, -0.15) is 0 Å². The third kappa shape index (κ3) is 7.98. The maximum absolute atomic E-state index is 11.8. The van der Waals surface area contributed by atoms with Gasteiger partial charge in [0, 0.05) is 0 Å². The summed E-state index contributed by atoms with van der Waals surface area (Å²) in [6.45, 7) is -0.325. The van der Waals surface area contributed by atoms with Crippen molar-refractivity contribution in [2.24, 2.45) is 5.92 Å². The van der Waals surface area contributed by atoms with Crippen LogP contribution < -0.4 is 4.72 Å². The monoisotopic (exact) mass is 379 g/mol. The first kappa shape index (κ1) is 18.7. The van der Waals surface area contributed by atoms with Crippen molar-refractivity contribution in [3.8, 4) is 0 Å². The van der Waals surface area contributed by atoms with Gasteiger partial charge < -0.3 is 0 Å². The summed E-state index contributed by atoms with van der Waals surface area (Å²) in [6, 6.07) is 0. The number of Topliss-reactive ketones (excluding diaryl/α,β-unsaturated/α-hetero) is 1. The molecule has 0 aromatic heterocycles. The number of ketones is 1. The molecule has 1 unspecified atom stereocenters. The van der Waals surface area contributed by atoms with Gasteiger partial charge in [-0.1, -0.05) is 0 Å². The van der Waals surface area contributed by atoms with Gasteiger partial charge in [0.2, 0.25) is 0 Å². The van der Waals surface area contributed by atoms with Crippen molar-refractivity contribution in [2.75, 3.05) is 12.3 Å². The normalized spacial score (nSPS) is 18.3. The molecule has 0 saturated heterocycles. The Hall–Kier alpha value is -0.392. The maximum atomic E-state index is 11.8. The number of nitrogens with one attached hydrogen (secondary N) is 1.